The molecule has 0 saturated heterocycles. The van der Waals surface area contributed by atoms with E-state index in [1.807, 2.05) is 11.4 Å². The van der Waals surface area contributed by atoms with Crippen LogP contribution in [0.4, 0.5) is 5.69 Å². The minimum atomic E-state index is -0.0384. The molecule has 4 nitrogen and oxygen atoms in total. The van der Waals surface area contributed by atoms with E-state index < -0.39 is 0 Å². The van der Waals surface area contributed by atoms with E-state index in [-0.39, 0.29) is 5.91 Å². The van der Waals surface area contributed by atoms with Crippen molar-refractivity contribution in [1.29, 1.82) is 0 Å². The summed E-state index contributed by atoms with van der Waals surface area (Å²) in [5, 5.41) is 7.93. The first-order chi connectivity index (χ1) is 6.74. The largest absolute Gasteiger partial charge is 0.329 e. The van der Waals surface area contributed by atoms with E-state index in [2.05, 4.69) is 10.6 Å². The maximum absolute atomic E-state index is 10.8. The van der Waals surface area contributed by atoms with E-state index >= 15 is 0 Å². The third-order valence-electron chi connectivity index (χ3n) is 1.66. The molecule has 1 amide bonds. The summed E-state index contributed by atoms with van der Waals surface area (Å²) < 4.78 is 0. The first-order valence-electron chi connectivity index (χ1n) is 4.48. The van der Waals surface area contributed by atoms with Crippen molar-refractivity contribution in [3.05, 3.63) is 16.3 Å². The highest BCUT2D eigenvalue weighted by Gasteiger charge is 2.04. The van der Waals surface area contributed by atoms with E-state index in [1.54, 1.807) is 11.3 Å². The number of hydrogen-bond donors (Lipinski definition) is 3. The lowest BCUT2D eigenvalue weighted by molar-refractivity contribution is -0.114. The number of anilines is 1. The Kier molecular flexibility index (Phi) is 4.58. The fourth-order valence-electron chi connectivity index (χ4n) is 1.08. The van der Waals surface area contributed by atoms with Crippen LogP contribution in [0.25, 0.3) is 0 Å². The van der Waals surface area contributed by atoms with Gasteiger partial charge < -0.3 is 16.4 Å². The van der Waals surface area contributed by atoms with Crippen LogP contribution in [0.3, 0.4) is 0 Å². The maximum Gasteiger partial charge on any atom is 0.221 e. The molecule has 1 rings (SSSR count). The van der Waals surface area contributed by atoms with Gasteiger partial charge in [-0.2, -0.15) is 0 Å². The number of thiophene rings is 1. The highest BCUT2D eigenvalue weighted by Crippen LogP contribution is 2.21. The van der Waals surface area contributed by atoms with Gasteiger partial charge in [-0.05, 0) is 11.4 Å². The van der Waals surface area contributed by atoms with Crippen molar-refractivity contribution in [2.24, 2.45) is 5.73 Å². The summed E-state index contributed by atoms with van der Waals surface area (Å²) >= 11 is 1.62. The maximum atomic E-state index is 10.8. The molecule has 0 aliphatic heterocycles. The monoisotopic (exact) mass is 213 g/mol. The van der Waals surface area contributed by atoms with Gasteiger partial charge in [-0.25, -0.2) is 0 Å². The predicted molar refractivity (Wildman–Crippen MR) is 59.4 cm³/mol. The molecule has 0 aliphatic carbocycles. The Balaban J connectivity index is 2.49. The smallest absolute Gasteiger partial charge is 0.221 e. The summed E-state index contributed by atoms with van der Waals surface area (Å²) in [7, 11) is 0. The first-order valence-corrected chi connectivity index (χ1v) is 5.36. The number of carbonyl (C=O) groups is 1. The summed E-state index contributed by atoms with van der Waals surface area (Å²) in [5.41, 5.74) is 6.25. The molecule has 4 N–H and O–H groups in total. The van der Waals surface area contributed by atoms with Crippen LogP contribution < -0.4 is 16.4 Å². The zero-order chi connectivity index (χ0) is 10.4. The molecule has 0 aromatic carbocycles. The Morgan fingerprint density at radius 1 is 1.64 bits per heavy atom. The van der Waals surface area contributed by atoms with Gasteiger partial charge in [-0.15, -0.1) is 11.3 Å². The van der Waals surface area contributed by atoms with Gasteiger partial charge in [0.05, 0.1) is 5.69 Å². The Labute approximate surface area is 87.5 Å². The fraction of sp³-hybridized carbons (Fsp3) is 0.444. The van der Waals surface area contributed by atoms with Gasteiger partial charge in [0.15, 0.2) is 0 Å². The molecule has 5 heteroatoms. The molecule has 0 radical (unpaired) electrons. The lowest BCUT2D eigenvalue weighted by atomic mass is 10.3. The second kappa shape index (κ2) is 5.74. The van der Waals surface area contributed by atoms with E-state index in [0.717, 1.165) is 23.7 Å². The van der Waals surface area contributed by atoms with E-state index in [9.17, 15) is 4.79 Å². The third kappa shape index (κ3) is 3.45. The Morgan fingerprint density at radius 3 is 3.07 bits per heavy atom. The van der Waals surface area contributed by atoms with Crippen molar-refractivity contribution in [2.75, 3.05) is 18.4 Å². The molecule has 14 heavy (non-hydrogen) atoms. The molecule has 0 bridgehead atoms. The van der Waals surface area contributed by atoms with Crippen LogP contribution in [-0.4, -0.2) is 19.0 Å². The minimum absolute atomic E-state index is 0.0384. The highest BCUT2D eigenvalue weighted by molar-refractivity contribution is 7.10. The summed E-state index contributed by atoms with van der Waals surface area (Å²) in [6.45, 7) is 3.68. The summed E-state index contributed by atoms with van der Waals surface area (Å²) in [4.78, 5) is 12.0. The normalized spacial score (nSPS) is 10.1. The van der Waals surface area contributed by atoms with Gasteiger partial charge in [-0.3, -0.25) is 4.79 Å². The van der Waals surface area contributed by atoms with Crippen LogP contribution in [0.5, 0.6) is 0 Å². The lowest BCUT2D eigenvalue weighted by Crippen LogP contribution is -2.22. The third-order valence-corrected chi connectivity index (χ3v) is 2.58. The molecule has 0 saturated carbocycles. The molecular formula is C9H15N3OS. The Morgan fingerprint density at radius 2 is 2.43 bits per heavy atom. The van der Waals surface area contributed by atoms with E-state index in [0.29, 0.717) is 6.54 Å². The van der Waals surface area contributed by atoms with Crippen molar-refractivity contribution in [2.45, 2.75) is 13.5 Å². The van der Waals surface area contributed by atoms with Crippen molar-refractivity contribution in [3.8, 4) is 0 Å². The van der Waals surface area contributed by atoms with Crippen molar-refractivity contribution >= 4 is 22.9 Å². The molecule has 0 spiro atoms. The van der Waals surface area contributed by atoms with Crippen molar-refractivity contribution < 1.29 is 4.79 Å². The molecule has 1 aromatic rings. The zero-order valence-corrected chi connectivity index (χ0v) is 8.99. The Hall–Kier alpha value is -0.910. The van der Waals surface area contributed by atoms with Crippen LogP contribution >= 0.6 is 11.3 Å². The first kappa shape index (κ1) is 11.2. The lowest BCUT2D eigenvalue weighted by Gasteiger charge is -2.04. The van der Waals surface area contributed by atoms with Gasteiger partial charge in [0.2, 0.25) is 5.91 Å². The number of rotatable bonds is 5. The molecule has 1 aromatic heterocycles. The number of carbonyl (C=O) groups excluding carboxylic acids is 1. The average Bonchev–Trinajstić information content (AvgIpc) is 2.52. The van der Waals surface area contributed by atoms with Gasteiger partial charge in [0.1, 0.15) is 0 Å². The molecule has 1 heterocycles. The summed E-state index contributed by atoms with van der Waals surface area (Å²) in [5.74, 6) is -0.0384. The number of nitrogens with one attached hydrogen (secondary N) is 2. The fourth-order valence-corrected chi connectivity index (χ4v) is 1.88. The molecule has 78 valence electrons. The topological polar surface area (TPSA) is 67.2 Å². The standard InChI is InChI=1S/C9H15N3OS/c1-7(13)12-8-2-5-14-9(8)6-11-4-3-10/h2,5,11H,3-4,6,10H2,1H3,(H,12,13). The van der Waals surface area contributed by atoms with Gasteiger partial charge in [0.25, 0.3) is 0 Å². The average molecular weight is 213 g/mol. The van der Waals surface area contributed by atoms with E-state index in [4.69, 9.17) is 5.73 Å². The quantitative estimate of drug-likeness (QED) is 0.632. The Bertz CT molecular complexity index is 298. The van der Waals surface area contributed by atoms with Crippen molar-refractivity contribution in [3.63, 3.8) is 0 Å². The predicted octanol–water partition coefficient (Wildman–Crippen LogP) is 0.755. The second-order valence-corrected chi connectivity index (χ2v) is 3.90. The molecule has 0 fully saturated rings. The molecular weight excluding hydrogens is 198 g/mol. The number of hydrogen-bond acceptors (Lipinski definition) is 4. The van der Waals surface area contributed by atoms with Crippen molar-refractivity contribution in [1.82, 2.24) is 5.32 Å². The zero-order valence-electron chi connectivity index (χ0n) is 8.17. The second-order valence-electron chi connectivity index (χ2n) is 2.90. The van der Waals surface area contributed by atoms with Crippen LogP contribution in [0.1, 0.15) is 11.8 Å². The summed E-state index contributed by atoms with van der Waals surface area (Å²) in [6, 6.07) is 1.91. The molecule has 0 unspecified atom stereocenters. The van der Waals surface area contributed by atoms with Gasteiger partial charge in [0, 0.05) is 31.4 Å². The SMILES string of the molecule is CC(=O)Nc1ccsc1CNCCN. The number of amides is 1. The molecule has 0 atom stereocenters. The van der Waals surface area contributed by atoms with Crippen LogP contribution in [0.15, 0.2) is 11.4 Å². The molecule has 0 aliphatic rings. The van der Waals surface area contributed by atoms with Gasteiger partial charge >= 0.3 is 0 Å². The van der Waals surface area contributed by atoms with E-state index in [1.165, 1.54) is 6.92 Å². The van der Waals surface area contributed by atoms with Crippen LogP contribution in [-0.2, 0) is 11.3 Å². The minimum Gasteiger partial charge on any atom is -0.329 e. The highest BCUT2D eigenvalue weighted by atomic mass is 32.1. The number of nitrogens with two attached hydrogens (primary N) is 1. The van der Waals surface area contributed by atoms with Crippen LogP contribution in [0, 0.1) is 0 Å². The van der Waals surface area contributed by atoms with Crippen LogP contribution in [0.2, 0.25) is 0 Å². The summed E-state index contributed by atoms with van der Waals surface area (Å²) in [6.07, 6.45) is 0. The van der Waals surface area contributed by atoms with Gasteiger partial charge in [-0.1, -0.05) is 0 Å².